The molecule has 0 saturated heterocycles. The molecule has 1 heterocycles. The molecule has 0 radical (unpaired) electrons. The van der Waals surface area contributed by atoms with E-state index in [1.54, 1.807) is 12.1 Å². The molecule has 1 aliphatic heterocycles. The summed E-state index contributed by atoms with van der Waals surface area (Å²) in [5, 5.41) is 11.8. The summed E-state index contributed by atoms with van der Waals surface area (Å²) in [6, 6.07) is 11.9. The minimum atomic E-state index is -0.446. The molecule has 0 saturated carbocycles. The van der Waals surface area contributed by atoms with Crippen molar-refractivity contribution < 1.29 is 13.9 Å². The number of nitrogens with zero attached hydrogens (tertiary/aromatic N) is 1. The molecule has 0 unspecified atom stereocenters. The molecule has 0 fully saturated rings. The number of rotatable bonds is 3. The fraction of sp³-hybridized carbons (Fsp3) is 0.235. The third-order valence-electron chi connectivity index (χ3n) is 3.42. The van der Waals surface area contributed by atoms with Gasteiger partial charge in [-0.25, -0.2) is 4.39 Å². The van der Waals surface area contributed by atoms with E-state index in [9.17, 15) is 4.39 Å². The van der Waals surface area contributed by atoms with Crippen molar-refractivity contribution in [1.29, 1.82) is 5.26 Å². The topological polar surface area (TPSA) is 54.3 Å². The van der Waals surface area contributed by atoms with Crippen LogP contribution in [-0.2, 0) is 6.54 Å². The van der Waals surface area contributed by atoms with Crippen LogP contribution in [0.1, 0.15) is 17.5 Å². The molecule has 22 heavy (non-hydrogen) atoms. The lowest BCUT2D eigenvalue weighted by atomic mass is 10.1. The molecular weight excluding hydrogens is 283 g/mol. The lowest BCUT2D eigenvalue weighted by Gasteiger charge is -2.14. The fourth-order valence-corrected chi connectivity index (χ4v) is 2.31. The van der Waals surface area contributed by atoms with Crippen LogP contribution in [0.15, 0.2) is 36.4 Å². The molecule has 112 valence electrons. The Morgan fingerprint density at radius 3 is 2.86 bits per heavy atom. The maximum absolute atomic E-state index is 13.9. The molecule has 1 aliphatic rings. The Bertz CT molecular complexity index is 725. The Morgan fingerprint density at radius 1 is 1.18 bits per heavy atom. The van der Waals surface area contributed by atoms with Gasteiger partial charge in [-0.05, 0) is 24.3 Å². The van der Waals surface area contributed by atoms with Gasteiger partial charge in [0.15, 0.2) is 11.5 Å². The van der Waals surface area contributed by atoms with Gasteiger partial charge in [-0.15, -0.1) is 0 Å². The quantitative estimate of drug-likeness (QED) is 0.942. The fourth-order valence-electron chi connectivity index (χ4n) is 2.31. The van der Waals surface area contributed by atoms with E-state index in [1.807, 2.05) is 24.3 Å². The van der Waals surface area contributed by atoms with Gasteiger partial charge >= 0.3 is 0 Å². The summed E-state index contributed by atoms with van der Waals surface area (Å²) in [5.74, 6) is 0.983. The van der Waals surface area contributed by atoms with E-state index in [0.717, 1.165) is 17.7 Å². The molecule has 5 heteroatoms. The largest absolute Gasteiger partial charge is 0.490 e. The molecule has 2 aromatic carbocycles. The SMILES string of the molecule is N#Cc1ccc(NCc2cccc3c2OCCCO3)c(F)c1. The predicted octanol–water partition coefficient (Wildman–Crippen LogP) is 3.47. The van der Waals surface area contributed by atoms with E-state index < -0.39 is 5.82 Å². The van der Waals surface area contributed by atoms with Crippen LogP contribution >= 0.6 is 0 Å². The number of anilines is 1. The van der Waals surface area contributed by atoms with Crippen LogP contribution in [0.2, 0.25) is 0 Å². The first-order chi connectivity index (χ1) is 10.8. The second-order valence-corrected chi connectivity index (χ2v) is 4.95. The number of hydrogen-bond acceptors (Lipinski definition) is 4. The summed E-state index contributed by atoms with van der Waals surface area (Å²) in [5.41, 5.74) is 1.56. The smallest absolute Gasteiger partial charge is 0.166 e. The highest BCUT2D eigenvalue weighted by Crippen LogP contribution is 2.33. The second-order valence-electron chi connectivity index (χ2n) is 4.95. The Hall–Kier alpha value is -2.74. The highest BCUT2D eigenvalue weighted by atomic mass is 19.1. The van der Waals surface area contributed by atoms with Crippen molar-refractivity contribution in [3.8, 4) is 17.6 Å². The summed E-state index contributed by atoms with van der Waals surface area (Å²) >= 11 is 0. The molecule has 0 atom stereocenters. The second kappa shape index (κ2) is 6.35. The maximum atomic E-state index is 13.9. The Labute approximate surface area is 128 Å². The molecule has 3 rings (SSSR count). The van der Waals surface area contributed by atoms with Gasteiger partial charge in [0.1, 0.15) is 5.82 Å². The van der Waals surface area contributed by atoms with Crippen LogP contribution in [0.4, 0.5) is 10.1 Å². The first kappa shape index (κ1) is 14.2. The van der Waals surface area contributed by atoms with Crippen LogP contribution in [0.5, 0.6) is 11.5 Å². The molecule has 0 bridgehead atoms. The lowest BCUT2D eigenvalue weighted by molar-refractivity contribution is 0.296. The Balaban J connectivity index is 1.79. The van der Waals surface area contributed by atoms with Crippen molar-refractivity contribution >= 4 is 5.69 Å². The molecule has 0 aromatic heterocycles. The van der Waals surface area contributed by atoms with Crippen LogP contribution in [0, 0.1) is 17.1 Å². The maximum Gasteiger partial charge on any atom is 0.166 e. The van der Waals surface area contributed by atoms with Crippen molar-refractivity contribution in [1.82, 2.24) is 0 Å². The predicted molar refractivity (Wildman–Crippen MR) is 80.5 cm³/mol. The molecule has 0 spiro atoms. The third kappa shape index (κ3) is 2.96. The van der Waals surface area contributed by atoms with Crippen molar-refractivity contribution in [3.63, 3.8) is 0 Å². The average molecular weight is 298 g/mol. The van der Waals surface area contributed by atoms with Gasteiger partial charge in [0.05, 0.1) is 30.5 Å². The highest BCUT2D eigenvalue weighted by molar-refractivity contribution is 5.52. The number of hydrogen-bond donors (Lipinski definition) is 1. The molecule has 0 amide bonds. The number of ether oxygens (including phenoxy) is 2. The van der Waals surface area contributed by atoms with E-state index >= 15 is 0 Å². The summed E-state index contributed by atoms with van der Waals surface area (Å²) in [4.78, 5) is 0. The van der Waals surface area contributed by atoms with E-state index in [-0.39, 0.29) is 0 Å². The van der Waals surface area contributed by atoms with Gasteiger partial charge in [-0.2, -0.15) is 5.26 Å². The zero-order chi connectivity index (χ0) is 15.4. The van der Waals surface area contributed by atoms with E-state index in [2.05, 4.69) is 5.32 Å². The Morgan fingerprint density at radius 2 is 2.05 bits per heavy atom. The summed E-state index contributed by atoms with van der Waals surface area (Å²) in [6.07, 6.45) is 0.839. The van der Waals surface area contributed by atoms with Crippen molar-refractivity contribution in [2.75, 3.05) is 18.5 Å². The van der Waals surface area contributed by atoms with Crippen LogP contribution in [0.25, 0.3) is 0 Å². The third-order valence-corrected chi connectivity index (χ3v) is 3.42. The van der Waals surface area contributed by atoms with E-state index in [1.165, 1.54) is 6.07 Å². The first-order valence-corrected chi connectivity index (χ1v) is 7.09. The van der Waals surface area contributed by atoms with Crippen molar-refractivity contribution in [2.45, 2.75) is 13.0 Å². The number of nitrogens with one attached hydrogen (secondary N) is 1. The van der Waals surface area contributed by atoms with Crippen LogP contribution in [0.3, 0.4) is 0 Å². The number of para-hydroxylation sites is 1. The van der Waals surface area contributed by atoms with Gasteiger partial charge in [0.2, 0.25) is 0 Å². The molecule has 0 aliphatic carbocycles. The summed E-state index contributed by atoms with van der Waals surface area (Å²) in [6.45, 7) is 1.65. The minimum absolute atomic E-state index is 0.299. The van der Waals surface area contributed by atoms with E-state index in [0.29, 0.717) is 36.8 Å². The standard InChI is InChI=1S/C17H15FN2O2/c18-14-9-12(10-19)5-6-15(14)20-11-13-3-1-4-16-17(13)22-8-2-7-21-16/h1,3-6,9,20H,2,7-8,11H2. The molecule has 4 nitrogen and oxygen atoms in total. The van der Waals surface area contributed by atoms with Crippen LogP contribution < -0.4 is 14.8 Å². The van der Waals surface area contributed by atoms with Crippen LogP contribution in [-0.4, -0.2) is 13.2 Å². The van der Waals surface area contributed by atoms with Crippen molar-refractivity contribution in [3.05, 3.63) is 53.3 Å². The number of benzene rings is 2. The number of nitriles is 1. The Kier molecular flexibility index (Phi) is 4.10. The molecular formula is C17H15FN2O2. The highest BCUT2D eigenvalue weighted by Gasteiger charge is 2.14. The van der Waals surface area contributed by atoms with Gasteiger partial charge in [0, 0.05) is 18.5 Å². The zero-order valence-electron chi connectivity index (χ0n) is 11.9. The lowest BCUT2D eigenvalue weighted by Crippen LogP contribution is -2.05. The first-order valence-electron chi connectivity index (χ1n) is 7.09. The average Bonchev–Trinajstić information content (AvgIpc) is 2.79. The minimum Gasteiger partial charge on any atom is -0.490 e. The number of halogens is 1. The summed E-state index contributed by atoms with van der Waals surface area (Å²) < 4.78 is 25.2. The normalized spacial score (nSPS) is 13.1. The van der Waals surface area contributed by atoms with Gasteiger partial charge in [-0.3, -0.25) is 0 Å². The van der Waals surface area contributed by atoms with E-state index in [4.69, 9.17) is 14.7 Å². The number of fused-ring (bicyclic) bond motifs is 1. The van der Waals surface area contributed by atoms with Gasteiger partial charge < -0.3 is 14.8 Å². The summed E-state index contributed by atoms with van der Waals surface area (Å²) in [7, 11) is 0. The van der Waals surface area contributed by atoms with Gasteiger partial charge in [0.25, 0.3) is 0 Å². The molecule has 2 aromatic rings. The van der Waals surface area contributed by atoms with Crippen molar-refractivity contribution in [2.24, 2.45) is 0 Å². The monoisotopic (exact) mass is 298 g/mol. The zero-order valence-corrected chi connectivity index (χ0v) is 11.9. The molecule has 1 N–H and O–H groups in total. The van der Waals surface area contributed by atoms with Gasteiger partial charge in [-0.1, -0.05) is 12.1 Å².